The van der Waals surface area contributed by atoms with Crippen molar-refractivity contribution in [1.29, 1.82) is 0 Å². The highest BCUT2D eigenvalue weighted by atomic mass is 32.2. The van der Waals surface area contributed by atoms with E-state index >= 15 is 0 Å². The summed E-state index contributed by atoms with van der Waals surface area (Å²) in [5, 5.41) is 17.6. The van der Waals surface area contributed by atoms with E-state index in [1.54, 1.807) is 18.1 Å². The first-order valence-corrected chi connectivity index (χ1v) is 8.14. The second-order valence-corrected chi connectivity index (χ2v) is 5.95. The Kier molecular flexibility index (Phi) is 4.24. The van der Waals surface area contributed by atoms with E-state index in [4.69, 9.17) is 0 Å². The van der Waals surface area contributed by atoms with Gasteiger partial charge in [0.25, 0.3) is 0 Å². The molecule has 0 bridgehead atoms. The van der Waals surface area contributed by atoms with Crippen LogP contribution in [0.15, 0.2) is 35.7 Å². The predicted octanol–water partition coefficient (Wildman–Crippen LogP) is 2.69. The van der Waals surface area contributed by atoms with Crippen LogP contribution < -0.4 is 0 Å². The molecule has 0 N–H and O–H groups in total. The van der Waals surface area contributed by atoms with Crippen LogP contribution in [0.2, 0.25) is 0 Å². The van der Waals surface area contributed by atoms with Gasteiger partial charge in [-0.2, -0.15) is 0 Å². The monoisotopic (exact) mass is 314 g/mol. The molecule has 0 radical (unpaired) electrons. The fraction of sp³-hybridized carbons (Fsp3) is 0.333. The van der Waals surface area contributed by atoms with Gasteiger partial charge in [-0.1, -0.05) is 36.0 Å². The van der Waals surface area contributed by atoms with Gasteiger partial charge in [0.2, 0.25) is 0 Å². The summed E-state index contributed by atoms with van der Waals surface area (Å²) in [5.41, 5.74) is 2.33. The van der Waals surface area contributed by atoms with Crippen LogP contribution in [-0.2, 0) is 19.3 Å². The molecule has 3 rings (SSSR count). The molecule has 2 heterocycles. The van der Waals surface area contributed by atoms with Gasteiger partial charge in [0.15, 0.2) is 11.0 Å². The molecular weight excluding hydrogens is 296 g/mol. The molecule has 0 aliphatic carbocycles. The van der Waals surface area contributed by atoms with Crippen molar-refractivity contribution in [2.75, 3.05) is 0 Å². The van der Waals surface area contributed by atoms with Crippen LogP contribution in [0.3, 0.4) is 0 Å². The Balaban J connectivity index is 1.88. The van der Waals surface area contributed by atoms with E-state index < -0.39 is 0 Å². The van der Waals surface area contributed by atoms with Gasteiger partial charge in [0.05, 0.1) is 5.75 Å². The lowest BCUT2D eigenvalue weighted by molar-refractivity contribution is 0.686. The van der Waals surface area contributed by atoms with Crippen molar-refractivity contribution in [2.24, 2.45) is 7.05 Å². The lowest BCUT2D eigenvalue weighted by Gasteiger charge is -2.09. The summed E-state index contributed by atoms with van der Waals surface area (Å²) in [7, 11) is 1.94. The van der Waals surface area contributed by atoms with Gasteiger partial charge in [-0.15, -0.1) is 20.4 Å². The van der Waals surface area contributed by atoms with Crippen LogP contribution in [0.4, 0.5) is 0 Å². The Morgan fingerprint density at radius 1 is 1.14 bits per heavy atom. The minimum Gasteiger partial charge on any atom is -0.320 e. The van der Waals surface area contributed by atoms with Crippen LogP contribution >= 0.6 is 11.8 Å². The van der Waals surface area contributed by atoms with Gasteiger partial charge < -0.3 is 9.13 Å². The molecule has 0 saturated carbocycles. The first-order valence-electron chi connectivity index (χ1n) is 7.15. The highest BCUT2D eigenvalue weighted by Crippen LogP contribution is 2.27. The number of hydrogen-bond donors (Lipinski definition) is 0. The van der Waals surface area contributed by atoms with Crippen LogP contribution in [0.1, 0.15) is 18.3 Å². The summed E-state index contributed by atoms with van der Waals surface area (Å²) in [4.78, 5) is 0. The van der Waals surface area contributed by atoms with Crippen molar-refractivity contribution in [1.82, 2.24) is 29.5 Å². The summed E-state index contributed by atoms with van der Waals surface area (Å²) in [5.74, 6) is 2.57. The predicted molar refractivity (Wildman–Crippen MR) is 86.4 cm³/mol. The molecular formula is C15H18N6S. The molecule has 114 valence electrons. The molecule has 0 aliphatic rings. The molecule has 3 aromatic rings. The molecule has 1 aromatic carbocycles. The number of benzene rings is 1. The maximum atomic E-state index is 4.39. The van der Waals surface area contributed by atoms with Gasteiger partial charge in [0, 0.05) is 19.2 Å². The topological polar surface area (TPSA) is 61.4 Å². The number of aromatic nitrogens is 6. The summed E-state index contributed by atoms with van der Waals surface area (Å²) in [6.45, 7) is 5.03. The standard InChI is InChI=1S/C15H18N6S/c1-4-21-14(12-8-6-5-7-11(12)2)18-19-15(21)22-9-13-17-16-10-20(13)3/h5-8,10H,4,9H2,1-3H3. The van der Waals surface area contributed by atoms with Gasteiger partial charge in [-0.25, -0.2) is 0 Å². The van der Waals surface area contributed by atoms with E-state index in [1.165, 1.54) is 5.56 Å². The summed E-state index contributed by atoms with van der Waals surface area (Å²) < 4.78 is 4.06. The zero-order chi connectivity index (χ0) is 15.5. The third kappa shape index (κ3) is 2.76. The van der Waals surface area contributed by atoms with E-state index in [2.05, 4.69) is 50.9 Å². The molecule has 0 fully saturated rings. The lowest BCUT2D eigenvalue weighted by Crippen LogP contribution is -2.01. The maximum Gasteiger partial charge on any atom is 0.191 e. The molecule has 7 heteroatoms. The fourth-order valence-electron chi connectivity index (χ4n) is 2.27. The Hall–Kier alpha value is -2.15. The maximum absolute atomic E-state index is 4.39. The average Bonchev–Trinajstić information content (AvgIpc) is 3.11. The summed E-state index contributed by atoms with van der Waals surface area (Å²) in [6, 6.07) is 8.25. The fourth-order valence-corrected chi connectivity index (χ4v) is 3.26. The van der Waals surface area contributed by atoms with E-state index in [-0.39, 0.29) is 0 Å². The van der Waals surface area contributed by atoms with Crippen molar-refractivity contribution in [2.45, 2.75) is 31.3 Å². The highest BCUT2D eigenvalue weighted by Gasteiger charge is 2.15. The third-order valence-corrected chi connectivity index (χ3v) is 4.52. The molecule has 22 heavy (non-hydrogen) atoms. The first kappa shape index (κ1) is 14.8. The quantitative estimate of drug-likeness (QED) is 0.678. The second kappa shape index (κ2) is 6.31. The van der Waals surface area contributed by atoms with Crippen molar-refractivity contribution in [3.63, 3.8) is 0 Å². The number of aryl methyl sites for hydroxylation is 2. The molecule has 0 atom stereocenters. The van der Waals surface area contributed by atoms with Crippen molar-refractivity contribution in [3.05, 3.63) is 42.0 Å². The number of thioether (sulfide) groups is 1. The van der Waals surface area contributed by atoms with Crippen LogP contribution in [0.25, 0.3) is 11.4 Å². The Morgan fingerprint density at radius 3 is 2.64 bits per heavy atom. The highest BCUT2D eigenvalue weighted by molar-refractivity contribution is 7.98. The number of rotatable bonds is 5. The smallest absolute Gasteiger partial charge is 0.191 e. The van der Waals surface area contributed by atoms with Gasteiger partial charge in [-0.05, 0) is 19.4 Å². The number of hydrogen-bond acceptors (Lipinski definition) is 5. The zero-order valence-corrected chi connectivity index (χ0v) is 13.7. The largest absolute Gasteiger partial charge is 0.320 e. The SMILES string of the molecule is CCn1c(SCc2nncn2C)nnc1-c1ccccc1C. The van der Waals surface area contributed by atoms with E-state index in [1.807, 2.05) is 23.7 Å². The van der Waals surface area contributed by atoms with E-state index in [0.29, 0.717) is 0 Å². The first-order chi connectivity index (χ1) is 10.7. The van der Waals surface area contributed by atoms with Crippen LogP contribution in [0.5, 0.6) is 0 Å². The summed E-state index contributed by atoms with van der Waals surface area (Å²) in [6.07, 6.45) is 1.71. The molecule has 0 saturated heterocycles. The van der Waals surface area contributed by atoms with E-state index in [0.717, 1.165) is 34.7 Å². The number of nitrogens with zero attached hydrogens (tertiary/aromatic N) is 6. The molecule has 0 unspecified atom stereocenters. The molecule has 0 spiro atoms. The normalized spacial score (nSPS) is 11.0. The summed E-state index contributed by atoms with van der Waals surface area (Å²) >= 11 is 1.63. The third-order valence-electron chi connectivity index (χ3n) is 3.55. The molecule has 2 aromatic heterocycles. The molecule has 6 nitrogen and oxygen atoms in total. The average molecular weight is 314 g/mol. The van der Waals surface area contributed by atoms with Crippen molar-refractivity contribution >= 4 is 11.8 Å². The van der Waals surface area contributed by atoms with E-state index in [9.17, 15) is 0 Å². The Bertz CT molecular complexity index is 776. The zero-order valence-electron chi connectivity index (χ0n) is 12.9. The van der Waals surface area contributed by atoms with Crippen molar-refractivity contribution < 1.29 is 0 Å². The molecule has 0 amide bonds. The van der Waals surface area contributed by atoms with Crippen molar-refractivity contribution in [3.8, 4) is 11.4 Å². The van der Waals surface area contributed by atoms with Gasteiger partial charge in [0.1, 0.15) is 12.2 Å². The minimum absolute atomic E-state index is 0.725. The van der Waals surface area contributed by atoms with Gasteiger partial charge >= 0.3 is 0 Å². The minimum atomic E-state index is 0.725. The van der Waals surface area contributed by atoms with Crippen LogP contribution in [0, 0.1) is 6.92 Å². The lowest BCUT2D eigenvalue weighted by atomic mass is 10.1. The molecule has 0 aliphatic heterocycles. The van der Waals surface area contributed by atoms with Gasteiger partial charge in [-0.3, -0.25) is 0 Å². The Labute approximate surface area is 133 Å². The Morgan fingerprint density at radius 2 is 1.95 bits per heavy atom. The van der Waals surface area contributed by atoms with Crippen LogP contribution in [-0.4, -0.2) is 29.5 Å². The second-order valence-electron chi connectivity index (χ2n) is 5.01.